The fraction of sp³-hybridized carbons (Fsp3) is 0.105. The van der Waals surface area contributed by atoms with Crippen LogP contribution in [0.25, 0.3) is 22.3 Å². The summed E-state index contributed by atoms with van der Waals surface area (Å²) in [6.07, 6.45) is 7.18. The largest absolute Gasteiger partial charge is 0.346 e. The Bertz CT molecular complexity index is 1160. The summed E-state index contributed by atoms with van der Waals surface area (Å²) in [5, 5.41) is 23.7. The highest BCUT2D eigenvalue weighted by Gasteiger charge is 2.17. The highest BCUT2D eigenvalue weighted by Crippen LogP contribution is 2.28. The average Bonchev–Trinajstić information content (AvgIpc) is 3.35. The van der Waals surface area contributed by atoms with Gasteiger partial charge in [-0.15, -0.1) is 0 Å². The van der Waals surface area contributed by atoms with Crippen molar-refractivity contribution in [1.82, 2.24) is 24.7 Å². The summed E-state index contributed by atoms with van der Waals surface area (Å²) < 4.78 is 1.75. The van der Waals surface area contributed by atoms with E-state index in [1.54, 1.807) is 23.0 Å². The molecule has 26 heavy (non-hydrogen) atoms. The number of aromatic amines is 1. The number of nitriles is 2. The molecule has 0 radical (unpaired) electrons. The maximum absolute atomic E-state index is 9.24. The number of rotatable bonds is 4. The number of benzene rings is 1. The van der Waals surface area contributed by atoms with E-state index in [-0.39, 0.29) is 12.5 Å². The summed E-state index contributed by atoms with van der Waals surface area (Å²) in [6.45, 7) is 0. The van der Waals surface area contributed by atoms with Crippen LogP contribution in [0.3, 0.4) is 0 Å². The maximum Gasteiger partial charge on any atom is 0.141 e. The predicted octanol–water partition coefficient (Wildman–Crippen LogP) is 3.20. The lowest BCUT2D eigenvalue weighted by atomic mass is 10.0. The van der Waals surface area contributed by atoms with Crippen molar-refractivity contribution in [2.45, 2.75) is 12.5 Å². The van der Waals surface area contributed by atoms with E-state index in [0.717, 1.165) is 27.9 Å². The molecule has 0 saturated heterocycles. The standard InChI is InChI=1S/C19H13N7/c20-6-4-17(14-3-1-2-13(8-14)9-21)26-11-15(10-25-26)18-16-5-7-22-19(16)24-12-23-18/h1-3,5,7-8,10-12,17H,4H2,(H,22,23,24). The summed E-state index contributed by atoms with van der Waals surface area (Å²) in [4.78, 5) is 11.6. The van der Waals surface area contributed by atoms with Gasteiger partial charge in [-0.2, -0.15) is 15.6 Å². The Morgan fingerprint density at radius 2 is 2.12 bits per heavy atom. The average molecular weight is 339 g/mol. The molecule has 7 nitrogen and oxygen atoms in total. The Hall–Kier alpha value is -3.97. The molecule has 0 saturated carbocycles. The van der Waals surface area contributed by atoms with Crippen LogP contribution in [0, 0.1) is 22.7 Å². The first-order valence-electron chi connectivity index (χ1n) is 8.00. The normalized spacial score (nSPS) is 11.8. The van der Waals surface area contributed by atoms with Gasteiger partial charge in [0.2, 0.25) is 0 Å². The number of fused-ring (bicyclic) bond motifs is 1. The summed E-state index contributed by atoms with van der Waals surface area (Å²) in [5.74, 6) is 0. The first kappa shape index (κ1) is 15.6. The third-order valence-electron chi connectivity index (χ3n) is 4.23. The van der Waals surface area contributed by atoms with Crippen LogP contribution >= 0.6 is 0 Å². The quantitative estimate of drug-likeness (QED) is 0.614. The molecule has 7 heteroatoms. The molecule has 1 unspecified atom stereocenters. The van der Waals surface area contributed by atoms with Crippen molar-refractivity contribution < 1.29 is 0 Å². The Balaban J connectivity index is 1.76. The maximum atomic E-state index is 9.24. The van der Waals surface area contributed by atoms with E-state index < -0.39 is 0 Å². The van der Waals surface area contributed by atoms with Crippen molar-refractivity contribution >= 4 is 11.0 Å². The SMILES string of the molecule is N#CCC(c1cccc(C#N)c1)n1cc(-c2ncnc3[nH]ccc23)cn1. The number of hydrogen-bond donors (Lipinski definition) is 1. The molecular weight excluding hydrogens is 326 g/mol. The van der Waals surface area contributed by atoms with Crippen LogP contribution in [0.5, 0.6) is 0 Å². The molecule has 0 spiro atoms. The highest BCUT2D eigenvalue weighted by molar-refractivity contribution is 5.89. The second kappa shape index (κ2) is 6.50. The Morgan fingerprint density at radius 3 is 2.96 bits per heavy atom. The van der Waals surface area contributed by atoms with Crippen molar-refractivity contribution in [3.63, 3.8) is 0 Å². The van der Waals surface area contributed by atoms with Crippen molar-refractivity contribution in [3.8, 4) is 23.4 Å². The molecule has 3 heterocycles. The molecule has 0 bridgehead atoms. The molecule has 1 aromatic carbocycles. The highest BCUT2D eigenvalue weighted by atomic mass is 15.3. The van der Waals surface area contributed by atoms with E-state index in [0.29, 0.717) is 5.56 Å². The van der Waals surface area contributed by atoms with E-state index in [4.69, 9.17) is 5.26 Å². The van der Waals surface area contributed by atoms with Gasteiger partial charge in [-0.05, 0) is 23.8 Å². The minimum absolute atomic E-state index is 0.249. The van der Waals surface area contributed by atoms with E-state index in [1.165, 1.54) is 6.33 Å². The minimum atomic E-state index is -0.273. The lowest BCUT2D eigenvalue weighted by Gasteiger charge is -2.15. The fourth-order valence-corrected chi connectivity index (χ4v) is 3.00. The van der Waals surface area contributed by atoms with E-state index in [1.807, 2.05) is 30.6 Å². The van der Waals surface area contributed by atoms with Gasteiger partial charge in [0.1, 0.15) is 12.0 Å². The van der Waals surface area contributed by atoms with Crippen LogP contribution < -0.4 is 0 Å². The van der Waals surface area contributed by atoms with Crippen LogP contribution in [0.1, 0.15) is 23.6 Å². The number of hydrogen-bond acceptors (Lipinski definition) is 5. The van der Waals surface area contributed by atoms with Crippen LogP contribution in [0.15, 0.2) is 55.2 Å². The van der Waals surface area contributed by atoms with Crippen LogP contribution in [0.4, 0.5) is 0 Å². The first-order chi connectivity index (χ1) is 12.8. The van der Waals surface area contributed by atoms with Gasteiger partial charge in [-0.3, -0.25) is 4.68 Å². The zero-order chi connectivity index (χ0) is 17.9. The van der Waals surface area contributed by atoms with Gasteiger partial charge in [-0.25, -0.2) is 9.97 Å². The third-order valence-corrected chi connectivity index (χ3v) is 4.23. The molecule has 124 valence electrons. The summed E-state index contributed by atoms with van der Waals surface area (Å²) in [6, 6.07) is 13.2. The van der Waals surface area contributed by atoms with Crippen LogP contribution in [0.2, 0.25) is 0 Å². The van der Waals surface area contributed by atoms with Gasteiger partial charge in [0.15, 0.2) is 0 Å². The lowest BCUT2D eigenvalue weighted by molar-refractivity contribution is 0.532. The first-order valence-corrected chi connectivity index (χ1v) is 8.00. The molecule has 1 N–H and O–H groups in total. The van der Waals surface area contributed by atoms with E-state index in [9.17, 15) is 5.26 Å². The topological polar surface area (TPSA) is 107 Å². The zero-order valence-electron chi connectivity index (χ0n) is 13.7. The summed E-state index contributed by atoms with van der Waals surface area (Å²) in [5.41, 5.74) is 3.82. The Morgan fingerprint density at radius 1 is 1.19 bits per heavy atom. The Labute approximate surface area is 149 Å². The van der Waals surface area contributed by atoms with Gasteiger partial charge in [0, 0.05) is 23.3 Å². The molecule has 4 rings (SSSR count). The number of nitrogens with zero attached hydrogens (tertiary/aromatic N) is 6. The monoisotopic (exact) mass is 339 g/mol. The van der Waals surface area contributed by atoms with Crippen molar-refractivity contribution in [2.24, 2.45) is 0 Å². The molecule has 0 amide bonds. The fourth-order valence-electron chi connectivity index (χ4n) is 3.00. The van der Waals surface area contributed by atoms with E-state index in [2.05, 4.69) is 32.2 Å². The lowest BCUT2D eigenvalue weighted by Crippen LogP contribution is -2.10. The Kier molecular flexibility index (Phi) is 3.89. The van der Waals surface area contributed by atoms with Gasteiger partial charge in [0.05, 0.1) is 42.1 Å². The molecule has 4 aromatic rings. The summed E-state index contributed by atoms with van der Waals surface area (Å²) in [7, 11) is 0. The third kappa shape index (κ3) is 2.68. The second-order valence-corrected chi connectivity index (χ2v) is 5.79. The van der Waals surface area contributed by atoms with Gasteiger partial charge in [-0.1, -0.05) is 12.1 Å². The van der Waals surface area contributed by atoms with Crippen molar-refractivity contribution in [1.29, 1.82) is 10.5 Å². The van der Waals surface area contributed by atoms with Gasteiger partial charge < -0.3 is 4.98 Å². The molecule has 0 fully saturated rings. The molecule has 0 aliphatic heterocycles. The molecule has 0 aliphatic carbocycles. The minimum Gasteiger partial charge on any atom is -0.346 e. The number of aromatic nitrogens is 5. The number of nitrogens with one attached hydrogen (secondary N) is 1. The van der Waals surface area contributed by atoms with E-state index >= 15 is 0 Å². The van der Waals surface area contributed by atoms with Crippen LogP contribution in [-0.2, 0) is 0 Å². The molecular formula is C19H13N7. The van der Waals surface area contributed by atoms with Crippen molar-refractivity contribution in [2.75, 3.05) is 0 Å². The molecule has 0 aliphatic rings. The molecule has 3 aromatic heterocycles. The van der Waals surface area contributed by atoms with Gasteiger partial charge in [0.25, 0.3) is 0 Å². The second-order valence-electron chi connectivity index (χ2n) is 5.79. The molecule has 1 atom stereocenters. The predicted molar refractivity (Wildman–Crippen MR) is 94.6 cm³/mol. The number of H-pyrrole nitrogens is 1. The van der Waals surface area contributed by atoms with Crippen molar-refractivity contribution in [3.05, 3.63) is 66.4 Å². The van der Waals surface area contributed by atoms with Crippen LogP contribution in [-0.4, -0.2) is 24.7 Å². The summed E-state index contributed by atoms with van der Waals surface area (Å²) >= 11 is 0. The van der Waals surface area contributed by atoms with Gasteiger partial charge >= 0.3 is 0 Å². The smallest absolute Gasteiger partial charge is 0.141 e. The zero-order valence-corrected chi connectivity index (χ0v) is 13.7.